The summed E-state index contributed by atoms with van der Waals surface area (Å²) >= 11 is 6.77. The zero-order chi connectivity index (χ0) is 23.0. The van der Waals surface area contributed by atoms with Crippen LogP contribution < -0.4 is 0 Å². The quantitative estimate of drug-likeness (QED) is 0.267. The third-order valence-electron chi connectivity index (χ3n) is 5.69. The van der Waals surface area contributed by atoms with Crippen molar-refractivity contribution in [2.45, 2.75) is 32.1 Å². The van der Waals surface area contributed by atoms with E-state index in [1.807, 2.05) is 12.1 Å². The third-order valence-corrected chi connectivity index (χ3v) is 6.61. The lowest BCUT2D eigenvalue weighted by Crippen LogP contribution is -2.09. The van der Waals surface area contributed by atoms with Gasteiger partial charge in [-0.05, 0) is 67.1 Å². The van der Waals surface area contributed by atoms with Gasteiger partial charge in [-0.1, -0.05) is 56.5 Å². The molecular formula is C25H20Br2O5. The molecule has 0 spiro atoms. The molecule has 1 heterocycles. The number of rotatable bonds is 3. The van der Waals surface area contributed by atoms with Gasteiger partial charge in [0.25, 0.3) is 0 Å². The lowest BCUT2D eigenvalue weighted by molar-refractivity contribution is 0.0688. The van der Waals surface area contributed by atoms with Gasteiger partial charge in [-0.25, -0.2) is 9.59 Å². The van der Waals surface area contributed by atoms with Crippen LogP contribution in [0.2, 0.25) is 0 Å². The largest absolute Gasteiger partial charge is 0.478 e. The van der Waals surface area contributed by atoms with Gasteiger partial charge in [0.2, 0.25) is 0 Å². The molecule has 3 aromatic carbocycles. The van der Waals surface area contributed by atoms with Gasteiger partial charge in [-0.3, -0.25) is 0 Å². The lowest BCUT2D eigenvalue weighted by atomic mass is 9.78. The highest BCUT2D eigenvalue weighted by Crippen LogP contribution is 2.44. The summed E-state index contributed by atoms with van der Waals surface area (Å²) in [6.07, 6.45) is 3.28. The summed E-state index contributed by atoms with van der Waals surface area (Å²) in [7, 11) is 0. The van der Waals surface area contributed by atoms with E-state index in [-0.39, 0.29) is 22.3 Å². The van der Waals surface area contributed by atoms with E-state index in [1.54, 1.807) is 18.2 Å². The standard InChI is InChI=1S/C18H14O5.C7H6Br2/c19-17(20)12-6-2-5-11-14-10(9-3-1-4-9)7-8-13(18(21)22)16(14)23-15(11)12;1-5-2-6(8)4-7(9)3-5/h2,5-9H,1,3-4H2,(H,19,20)(H,21,22);2-4H,1H3. The van der Waals surface area contributed by atoms with Gasteiger partial charge in [-0.15, -0.1) is 0 Å². The van der Waals surface area contributed by atoms with Crippen LogP contribution in [0.1, 0.15) is 57.0 Å². The van der Waals surface area contributed by atoms with Crippen LogP contribution in [0, 0.1) is 6.92 Å². The molecule has 0 bridgehead atoms. The van der Waals surface area contributed by atoms with Crippen LogP contribution in [0.25, 0.3) is 21.9 Å². The predicted molar refractivity (Wildman–Crippen MR) is 131 cm³/mol. The Kier molecular flexibility index (Phi) is 6.40. The SMILES string of the molecule is Cc1cc(Br)cc(Br)c1.O=C(O)c1cccc2c1oc1c(C(=O)O)ccc(C3CCC3)c12. The van der Waals surface area contributed by atoms with Crippen LogP contribution in [0.5, 0.6) is 0 Å². The van der Waals surface area contributed by atoms with Crippen molar-refractivity contribution < 1.29 is 24.2 Å². The molecule has 1 fully saturated rings. The first-order valence-electron chi connectivity index (χ1n) is 10.1. The van der Waals surface area contributed by atoms with E-state index in [4.69, 9.17) is 4.42 Å². The van der Waals surface area contributed by atoms with Crippen LogP contribution in [-0.2, 0) is 0 Å². The maximum Gasteiger partial charge on any atom is 0.339 e. The van der Waals surface area contributed by atoms with Gasteiger partial charge in [0.05, 0.1) is 0 Å². The molecule has 0 aliphatic heterocycles. The summed E-state index contributed by atoms with van der Waals surface area (Å²) in [5.41, 5.74) is 2.94. The van der Waals surface area contributed by atoms with Gasteiger partial charge in [-0.2, -0.15) is 0 Å². The van der Waals surface area contributed by atoms with Crippen LogP contribution >= 0.6 is 31.9 Å². The van der Waals surface area contributed by atoms with Crippen molar-refractivity contribution in [3.63, 3.8) is 0 Å². The van der Waals surface area contributed by atoms with Crippen molar-refractivity contribution in [1.29, 1.82) is 0 Å². The summed E-state index contributed by atoms with van der Waals surface area (Å²) in [6.45, 7) is 2.06. The van der Waals surface area contributed by atoms with E-state index in [1.165, 1.54) is 11.6 Å². The minimum atomic E-state index is -1.09. The first-order valence-corrected chi connectivity index (χ1v) is 11.7. The number of carboxylic acid groups (broad SMARTS) is 2. The topological polar surface area (TPSA) is 87.7 Å². The molecule has 4 aromatic rings. The Morgan fingerprint density at radius 1 is 0.906 bits per heavy atom. The molecule has 164 valence electrons. The van der Waals surface area contributed by atoms with Gasteiger partial charge < -0.3 is 14.6 Å². The first kappa shape index (κ1) is 22.6. The number of aromatic carboxylic acids is 2. The van der Waals surface area contributed by atoms with Crippen molar-refractivity contribution in [3.05, 3.63) is 79.7 Å². The Morgan fingerprint density at radius 3 is 2.06 bits per heavy atom. The van der Waals surface area contributed by atoms with Crippen LogP contribution in [0.3, 0.4) is 0 Å². The Bertz CT molecular complexity index is 1300. The van der Waals surface area contributed by atoms with Gasteiger partial charge in [0, 0.05) is 19.7 Å². The molecule has 0 saturated heterocycles. The molecule has 7 heteroatoms. The number of aryl methyl sites for hydroxylation is 1. The number of para-hydroxylation sites is 1. The number of fused-ring (bicyclic) bond motifs is 3. The first-order chi connectivity index (χ1) is 15.3. The zero-order valence-corrected chi connectivity index (χ0v) is 20.4. The fourth-order valence-electron chi connectivity index (χ4n) is 4.02. The van der Waals surface area contributed by atoms with E-state index >= 15 is 0 Å². The van der Waals surface area contributed by atoms with Gasteiger partial charge >= 0.3 is 11.9 Å². The van der Waals surface area contributed by atoms with E-state index in [9.17, 15) is 19.8 Å². The van der Waals surface area contributed by atoms with E-state index in [0.29, 0.717) is 11.3 Å². The highest BCUT2D eigenvalue weighted by Gasteiger charge is 2.27. The summed E-state index contributed by atoms with van der Waals surface area (Å²) < 4.78 is 7.97. The second-order valence-electron chi connectivity index (χ2n) is 7.88. The summed E-state index contributed by atoms with van der Waals surface area (Å²) in [5, 5.41) is 20.2. The smallest absolute Gasteiger partial charge is 0.339 e. The van der Waals surface area contributed by atoms with Crippen molar-refractivity contribution in [2.75, 3.05) is 0 Å². The lowest BCUT2D eigenvalue weighted by Gasteiger charge is -2.26. The Labute approximate surface area is 201 Å². The second-order valence-corrected chi connectivity index (χ2v) is 9.71. The van der Waals surface area contributed by atoms with Crippen LogP contribution in [0.15, 0.2) is 61.9 Å². The molecule has 1 aromatic heterocycles. The average molecular weight is 560 g/mol. The van der Waals surface area contributed by atoms with E-state index < -0.39 is 11.9 Å². The normalized spacial score (nSPS) is 13.5. The summed E-state index contributed by atoms with van der Waals surface area (Å²) in [6, 6.07) is 14.5. The summed E-state index contributed by atoms with van der Waals surface area (Å²) in [5.74, 6) is -1.78. The van der Waals surface area contributed by atoms with E-state index in [0.717, 1.165) is 39.2 Å². The average Bonchev–Trinajstić information content (AvgIpc) is 3.05. The van der Waals surface area contributed by atoms with Gasteiger partial charge in [0.15, 0.2) is 0 Å². The highest BCUT2D eigenvalue weighted by atomic mass is 79.9. The number of carboxylic acids is 2. The van der Waals surface area contributed by atoms with Crippen molar-refractivity contribution in [2.24, 2.45) is 0 Å². The van der Waals surface area contributed by atoms with Crippen LogP contribution in [-0.4, -0.2) is 22.2 Å². The number of hydrogen-bond acceptors (Lipinski definition) is 3. The Balaban J connectivity index is 0.000000230. The third kappa shape index (κ3) is 4.32. The minimum Gasteiger partial charge on any atom is -0.478 e. The van der Waals surface area contributed by atoms with Gasteiger partial charge in [0.1, 0.15) is 22.3 Å². The monoisotopic (exact) mass is 558 g/mol. The fraction of sp³-hybridized carbons (Fsp3) is 0.200. The fourth-order valence-corrected chi connectivity index (χ4v) is 5.54. The van der Waals surface area contributed by atoms with Crippen LogP contribution in [0.4, 0.5) is 0 Å². The van der Waals surface area contributed by atoms with Crippen molar-refractivity contribution >= 4 is 65.7 Å². The molecule has 0 amide bonds. The highest BCUT2D eigenvalue weighted by molar-refractivity contribution is 9.11. The number of benzene rings is 3. The Morgan fingerprint density at radius 2 is 1.53 bits per heavy atom. The molecule has 0 atom stereocenters. The summed E-state index contributed by atoms with van der Waals surface area (Å²) in [4.78, 5) is 22.9. The van der Waals surface area contributed by atoms with E-state index in [2.05, 4.69) is 50.9 Å². The van der Waals surface area contributed by atoms with Crippen molar-refractivity contribution in [3.8, 4) is 0 Å². The molecule has 5 nitrogen and oxygen atoms in total. The second kappa shape index (κ2) is 9.08. The number of hydrogen-bond donors (Lipinski definition) is 2. The number of carbonyl (C=O) groups is 2. The Hall–Kier alpha value is -2.64. The zero-order valence-electron chi connectivity index (χ0n) is 17.2. The molecule has 1 aliphatic rings. The molecule has 32 heavy (non-hydrogen) atoms. The number of furan rings is 1. The predicted octanol–water partition coefficient (Wildman–Crippen LogP) is 7.77. The molecule has 0 radical (unpaired) electrons. The minimum absolute atomic E-state index is 0.0506. The maximum atomic E-state index is 11.5. The molecule has 1 saturated carbocycles. The molecule has 2 N–H and O–H groups in total. The van der Waals surface area contributed by atoms with Crippen molar-refractivity contribution in [1.82, 2.24) is 0 Å². The molecule has 0 unspecified atom stereocenters. The molecule has 5 rings (SSSR count). The molecule has 1 aliphatic carbocycles. The molecular weight excluding hydrogens is 540 g/mol. The number of halogens is 2. The maximum absolute atomic E-state index is 11.5.